The van der Waals surface area contributed by atoms with Crippen LogP contribution in [0.4, 0.5) is 13.2 Å². The van der Waals surface area contributed by atoms with Gasteiger partial charge in [-0.1, -0.05) is 17.9 Å². The summed E-state index contributed by atoms with van der Waals surface area (Å²) in [6, 6.07) is 4.11. The second kappa shape index (κ2) is 8.85. The molecule has 4 saturated carbocycles. The van der Waals surface area contributed by atoms with Crippen LogP contribution in [0.3, 0.4) is 0 Å². The van der Waals surface area contributed by atoms with Gasteiger partial charge in [-0.15, -0.1) is 0 Å². The van der Waals surface area contributed by atoms with Crippen molar-refractivity contribution in [2.45, 2.75) is 57.1 Å². The normalized spacial score (nSPS) is 29.0. The number of hydrogen-bond donors (Lipinski definition) is 1. The van der Waals surface area contributed by atoms with Gasteiger partial charge in [-0.05, 0) is 68.4 Å². The Morgan fingerprint density at radius 1 is 1.12 bits per heavy atom. The van der Waals surface area contributed by atoms with Gasteiger partial charge < -0.3 is 9.47 Å². The van der Waals surface area contributed by atoms with Crippen LogP contribution in [-0.2, 0) is 26.0 Å². The van der Waals surface area contributed by atoms with Gasteiger partial charge in [0, 0.05) is 0 Å². The van der Waals surface area contributed by atoms with Crippen molar-refractivity contribution in [2.75, 3.05) is 5.75 Å². The molecular weight excluding hydrogens is 476 g/mol. The van der Waals surface area contributed by atoms with E-state index >= 15 is 0 Å². The van der Waals surface area contributed by atoms with Gasteiger partial charge in [0.25, 0.3) is 10.1 Å². The number of benzene rings is 1. The summed E-state index contributed by atoms with van der Waals surface area (Å²) < 4.78 is 80.7. The van der Waals surface area contributed by atoms with E-state index in [4.69, 9.17) is 9.29 Å². The Morgan fingerprint density at radius 3 is 2.15 bits per heavy atom. The SMILES string of the molecule is BCc1ccc(C(=O)OC(CS(=O)(=O)O)C(F)(F)F)c(OC(=O)C23CC4CC(CC(C4)C2)C3)c1. The summed E-state index contributed by atoms with van der Waals surface area (Å²) in [5.41, 5.74) is -0.382. The van der Waals surface area contributed by atoms with Gasteiger partial charge in [-0.25, -0.2) is 4.79 Å². The lowest BCUT2D eigenvalue weighted by atomic mass is 9.49. The first-order valence-electron chi connectivity index (χ1n) is 11.4. The van der Waals surface area contributed by atoms with Gasteiger partial charge in [-0.2, -0.15) is 21.6 Å². The lowest BCUT2D eigenvalue weighted by Gasteiger charge is -2.55. The van der Waals surface area contributed by atoms with Crippen LogP contribution in [0.15, 0.2) is 18.2 Å². The molecule has 4 bridgehead atoms. The van der Waals surface area contributed by atoms with E-state index in [-0.39, 0.29) is 5.75 Å². The Morgan fingerprint density at radius 2 is 1.68 bits per heavy atom. The predicted molar refractivity (Wildman–Crippen MR) is 117 cm³/mol. The molecule has 0 aliphatic heterocycles. The summed E-state index contributed by atoms with van der Waals surface area (Å²) in [7, 11) is -3.26. The Hall–Kier alpha value is -2.08. The van der Waals surface area contributed by atoms with E-state index in [1.165, 1.54) is 18.2 Å². The molecular formula is C22H26BF3O7S. The molecule has 1 N–H and O–H groups in total. The molecule has 5 rings (SSSR count). The smallest absolute Gasteiger partial charge is 0.426 e. The third kappa shape index (κ3) is 5.27. The quantitative estimate of drug-likeness (QED) is 0.265. The third-order valence-corrected chi connectivity index (χ3v) is 8.05. The van der Waals surface area contributed by atoms with Crippen LogP contribution in [-0.4, -0.2) is 50.8 Å². The summed E-state index contributed by atoms with van der Waals surface area (Å²) in [5.74, 6) is -2.66. The van der Waals surface area contributed by atoms with Gasteiger partial charge in [0.15, 0.2) is 0 Å². The minimum absolute atomic E-state index is 0.210. The average molecular weight is 502 g/mol. The second-order valence-corrected chi connectivity index (χ2v) is 11.5. The molecule has 1 aromatic rings. The number of hydrogen-bond acceptors (Lipinski definition) is 6. The number of alkyl halides is 3. The van der Waals surface area contributed by atoms with E-state index in [9.17, 15) is 31.2 Å². The highest BCUT2D eigenvalue weighted by Crippen LogP contribution is 2.60. The summed E-state index contributed by atoms with van der Waals surface area (Å²) in [6.45, 7) is 0. The lowest BCUT2D eigenvalue weighted by Crippen LogP contribution is -2.51. The largest absolute Gasteiger partial charge is 0.448 e. The fourth-order valence-electron chi connectivity index (χ4n) is 6.19. The van der Waals surface area contributed by atoms with Gasteiger partial charge in [0.2, 0.25) is 6.10 Å². The molecule has 7 nitrogen and oxygen atoms in total. The van der Waals surface area contributed by atoms with Crippen LogP contribution < -0.4 is 4.74 Å². The molecule has 1 atom stereocenters. The molecule has 12 heteroatoms. The monoisotopic (exact) mass is 502 g/mol. The van der Waals surface area contributed by atoms with Crippen molar-refractivity contribution in [2.24, 2.45) is 23.2 Å². The highest BCUT2D eigenvalue weighted by atomic mass is 32.2. The molecule has 0 aromatic heterocycles. The van der Waals surface area contributed by atoms with Crippen LogP contribution >= 0.6 is 0 Å². The van der Waals surface area contributed by atoms with Gasteiger partial charge in [0.1, 0.15) is 24.9 Å². The van der Waals surface area contributed by atoms with E-state index < -0.39 is 51.1 Å². The van der Waals surface area contributed by atoms with Crippen molar-refractivity contribution in [1.82, 2.24) is 0 Å². The third-order valence-electron chi connectivity index (χ3n) is 7.32. The molecule has 0 amide bonds. The highest BCUT2D eigenvalue weighted by molar-refractivity contribution is 7.85. The number of carbonyl (C=O) groups excluding carboxylic acids is 2. The zero-order chi connectivity index (χ0) is 24.9. The molecule has 4 aliphatic carbocycles. The zero-order valence-electron chi connectivity index (χ0n) is 18.6. The van der Waals surface area contributed by atoms with Crippen LogP contribution in [0.25, 0.3) is 0 Å². The van der Waals surface area contributed by atoms with Crippen LogP contribution in [0.5, 0.6) is 5.75 Å². The Labute approximate surface area is 196 Å². The first kappa shape index (κ1) is 25.0. The molecule has 0 heterocycles. The van der Waals surface area contributed by atoms with Crippen LogP contribution in [0.2, 0.25) is 0 Å². The molecule has 1 aromatic carbocycles. The number of carbonyl (C=O) groups is 2. The number of ether oxygens (including phenoxy) is 2. The van der Waals surface area contributed by atoms with Crippen LogP contribution in [0, 0.1) is 23.2 Å². The minimum atomic E-state index is -5.23. The zero-order valence-corrected chi connectivity index (χ0v) is 19.5. The standard InChI is InChI=1S/C22H26BF3O7S/c23-10-12-1-2-16(19(27)33-18(22(24,25)26)11-34(29,30)31)17(6-12)32-20(28)21-7-13-3-14(8-21)5-15(4-13)9-21/h1-2,6,13-15,18H,3-5,7-11,23H2,(H,29,30,31). The predicted octanol–water partition coefficient (Wildman–Crippen LogP) is 2.92. The molecule has 4 fully saturated rings. The van der Waals surface area contributed by atoms with Crippen LogP contribution in [0.1, 0.15) is 54.4 Å². The summed E-state index contributed by atoms with van der Waals surface area (Å²) in [4.78, 5) is 26.0. The van der Waals surface area contributed by atoms with Gasteiger partial charge >= 0.3 is 18.1 Å². The maximum atomic E-state index is 13.3. The van der Waals surface area contributed by atoms with Gasteiger partial charge in [0.05, 0.1) is 5.41 Å². The first-order valence-corrected chi connectivity index (χ1v) is 13.0. The number of esters is 2. The highest BCUT2D eigenvalue weighted by Gasteiger charge is 2.56. The van der Waals surface area contributed by atoms with Crippen molar-refractivity contribution < 1.29 is 45.2 Å². The van der Waals surface area contributed by atoms with Crippen molar-refractivity contribution in [3.05, 3.63) is 29.3 Å². The molecule has 34 heavy (non-hydrogen) atoms. The second-order valence-electron chi connectivity index (χ2n) is 9.96. The first-order chi connectivity index (χ1) is 15.8. The van der Waals surface area contributed by atoms with Gasteiger partial charge in [-0.3, -0.25) is 9.35 Å². The van der Waals surface area contributed by atoms with Crippen molar-refractivity contribution in [1.29, 1.82) is 0 Å². The van der Waals surface area contributed by atoms with Crippen molar-refractivity contribution >= 4 is 29.9 Å². The van der Waals surface area contributed by atoms with Crippen molar-refractivity contribution in [3.8, 4) is 5.75 Å². The number of halogens is 3. The Bertz CT molecular complexity index is 1050. The lowest BCUT2D eigenvalue weighted by molar-refractivity contribution is -0.197. The summed E-state index contributed by atoms with van der Waals surface area (Å²) >= 11 is 0. The number of rotatable bonds is 7. The van der Waals surface area contributed by atoms with E-state index in [1.54, 1.807) is 0 Å². The molecule has 186 valence electrons. The summed E-state index contributed by atoms with van der Waals surface area (Å²) in [6.07, 6.45) is -2.38. The molecule has 0 spiro atoms. The van der Waals surface area contributed by atoms with E-state index in [0.29, 0.717) is 48.9 Å². The topological polar surface area (TPSA) is 107 Å². The van der Waals surface area contributed by atoms with Crippen molar-refractivity contribution in [3.63, 3.8) is 0 Å². The molecule has 0 radical (unpaired) electrons. The maximum absolute atomic E-state index is 13.3. The van der Waals surface area contributed by atoms with E-state index in [1.807, 2.05) is 7.85 Å². The Kier molecular flexibility index (Phi) is 6.52. The maximum Gasteiger partial charge on any atom is 0.426 e. The molecule has 0 saturated heterocycles. The molecule has 1 unspecified atom stereocenters. The molecule has 4 aliphatic rings. The average Bonchev–Trinajstić information content (AvgIpc) is 2.70. The van der Waals surface area contributed by atoms with E-state index in [2.05, 4.69) is 4.74 Å². The fourth-order valence-corrected chi connectivity index (χ4v) is 6.83. The fraction of sp³-hybridized carbons (Fsp3) is 0.636. The minimum Gasteiger partial charge on any atom is -0.448 e. The summed E-state index contributed by atoms with van der Waals surface area (Å²) in [5, 5.41) is 0. The Balaban J connectivity index is 1.59. The van der Waals surface area contributed by atoms with E-state index in [0.717, 1.165) is 19.3 Å².